The van der Waals surface area contributed by atoms with Gasteiger partial charge in [0, 0.05) is 12.7 Å². The van der Waals surface area contributed by atoms with E-state index in [1.165, 1.54) is 0 Å². The van der Waals surface area contributed by atoms with Crippen molar-refractivity contribution in [1.29, 1.82) is 5.26 Å². The maximum absolute atomic E-state index is 8.56. The van der Waals surface area contributed by atoms with Crippen LogP contribution in [0.5, 0.6) is 0 Å². The molecular weight excluding hydrogens is 152 g/mol. The Morgan fingerprint density at radius 3 is 3.17 bits per heavy atom. The zero-order chi connectivity index (χ0) is 8.55. The van der Waals surface area contributed by atoms with E-state index in [-0.39, 0.29) is 5.92 Å². The number of nitrogen functional groups attached to an aromatic ring is 1. The Hall–Kier alpha value is -1.50. The summed E-state index contributed by atoms with van der Waals surface area (Å²) in [4.78, 5) is 0. The van der Waals surface area contributed by atoms with Gasteiger partial charge < -0.3 is 5.73 Å². The monoisotopic (exact) mass is 162 g/mol. The third-order valence-corrected chi connectivity index (χ3v) is 2.16. The number of nitrogens with zero attached hydrogens (tertiary/aromatic N) is 3. The number of hydrogen-bond acceptors (Lipinski definition) is 3. The molecule has 2 unspecified atom stereocenters. The maximum atomic E-state index is 8.56. The summed E-state index contributed by atoms with van der Waals surface area (Å²) in [5, 5.41) is 12.6. The topological polar surface area (TPSA) is 67.6 Å². The van der Waals surface area contributed by atoms with Crippen LogP contribution in [0.4, 0.5) is 5.69 Å². The first-order valence-electron chi connectivity index (χ1n) is 3.97. The van der Waals surface area contributed by atoms with E-state index in [9.17, 15) is 0 Å². The highest BCUT2D eigenvalue weighted by Gasteiger charge is 2.37. The van der Waals surface area contributed by atoms with Gasteiger partial charge in [-0.3, -0.25) is 4.68 Å². The molecule has 0 saturated heterocycles. The molecule has 0 aliphatic heterocycles. The van der Waals surface area contributed by atoms with Crippen molar-refractivity contribution in [2.45, 2.75) is 13.0 Å². The second-order valence-electron chi connectivity index (χ2n) is 3.23. The van der Waals surface area contributed by atoms with Crippen molar-refractivity contribution in [2.75, 3.05) is 5.73 Å². The molecule has 1 aliphatic carbocycles. The van der Waals surface area contributed by atoms with Gasteiger partial charge in [-0.2, -0.15) is 10.4 Å². The molecule has 1 aromatic heterocycles. The first kappa shape index (κ1) is 7.17. The van der Waals surface area contributed by atoms with E-state index in [4.69, 9.17) is 11.0 Å². The molecule has 0 spiro atoms. The molecule has 1 fully saturated rings. The number of hydrogen-bond donors (Lipinski definition) is 1. The summed E-state index contributed by atoms with van der Waals surface area (Å²) in [5.74, 6) is 0.740. The number of aromatic nitrogens is 2. The van der Waals surface area contributed by atoms with Gasteiger partial charge in [0.05, 0.1) is 23.9 Å². The van der Waals surface area contributed by atoms with Crippen LogP contribution in [0.3, 0.4) is 0 Å². The summed E-state index contributed by atoms with van der Waals surface area (Å²) >= 11 is 0. The van der Waals surface area contributed by atoms with Gasteiger partial charge in [0.25, 0.3) is 0 Å². The second kappa shape index (κ2) is 2.52. The molecule has 1 aromatic rings. The average molecular weight is 162 g/mol. The zero-order valence-corrected chi connectivity index (χ0v) is 6.64. The second-order valence-corrected chi connectivity index (χ2v) is 3.23. The Bertz CT molecular complexity index is 322. The lowest BCUT2D eigenvalue weighted by atomic mass is 10.3. The van der Waals surface area contributed by atoms with Crippen LogP contribution in [0.25, 0.3) is 0 Å². The molecule has 1 aliphatic rings. The van der Waals surface area contributed by atoms with Crippen molar-refractivity contribution in [3.05, 3.63) is 12.4 Å². The Labute approximate surface area is 70.6 Å². The summed E-state index contributed by atoms with van der Waals surface area (Å²) < 4.78 is 1.80. The summed E-state index contributed by atoms with van der Waals surface area (Å²) in [6.45, 7) is 0.829. The predicted molar refractivity (Wildman–Crippen MR) is 43.8 cm³/mol. The first-order chi connectivity index (χ1) is 5.79. The van der Waals surface area contributed by atoms with Crippen LogP contribution in [-0.2, 0) is 6.54 Å². The van der Waals surface area contributed by atoms with Crippen LogP contribution in [0.1, 0.15) is 6.42 Å². The standard InChI is InChI=1S/C8H10N4/c9-2-6-1-7(6)4-12-5-8(10)3-11-12/h3,5-7H,1,4,10H2. The average Bonchev–Trinajstić information content (AvgIpc) is 2.67. The number of rotatable bonds is 2. The minimum absolute atomic E-state index is 0.246. The number of nitrogens with two attached hydrogens (primary N) is 1. The smallest absolute Gasteiger partial charge is 0.0719 e. The SMILES string of the molecule is N#CC1CC1Cn1cc(N)cn1. The molecule has 1 saturated carbocycles. The number of anilines is 1. The highest BCUT2D eigenvalue weighted by Crippen LogP contribution is 2.38. The highest BCUT2D eigenvalue weighted by atomic mass is 15.3. The Morgan fingerprint density at radius 1 is 1.83 bits per heavy atom. The van der Waals surface area contributed by atoms with Crippen LogP contribution in [0, 0.1) is 23.2 Å². The quantitative estimate of drug-likeness (QED) is 0.693. The van der Waals surface area contributed by atoms with Gasteiger partial charge in [-0.1, -0.05) is 0 Å². The van der Waals surface area contributed by atoms with Crippen LogP contribution >= 0.6 is 0 Å². The van der Waals surface area contributed by atoms with Crippen LogP contribution in [0.2, 0.25) is 0 Å². The third kappa shape index (κ3) is 1.26. The molecule has 0 aromatic carbocycles. The molecule has 2 atom stereocenters. The van der Waals surface area contributed by atoms with Gasteiger partial charge in [0.2, 0.25) is 0 Å². The van der Waals surface area contributed by atoms with Gasteiger partial charge in [-0.25, -0.2) is 0 Å². The molecule has 0 amide bonds. The van der Waals surface area contributed by atoms with Crippen LogP contribution in [0.15, 0.2) is 12.4 Å². The van der Waals surface area contributed by atoms with Gasteiger partial charge in [0.1, 0.15) is 0 Å². The van der Waals surface area contributed by atoms with E-state index >= 15 is 0 Å². The van der Waals surface area contributed by atoms with Crippen molar-refractivity contribution in [1.82, 2.24) is 9.78 Å². The fraction of sp³-hybridized carbons (Fsp3) is 0.500. The van der Waals surface area contributed by atoms with Crippen LogP contribution in [-0.4, -0.2) is 9.78 Å². The van der Waals surface area contributed by atoms with Gasteiger partial charge in [-0.15, -0.1) is 0 Å². The Kier molecular flexibility index (Phi) is 1.51. The van der Waals surface area contributed by atoms with E-state index in [1.807, 2.05) is 0 Å². The molecule has 4 nitrogen and oxygen atoms in total. The van der Waals surface area contributed by atoms with E-state index < -0.39 is 0 Å². The normalized spacial score (nSPS) is 26.6. The lowest BCUT2D eigenvalue weighted by Crippen LogP contribution is -2.00. The molecule has 1 heterocycles. The van der Waals surface area contributed by atoms with Crippen molar-refractivity contribution in [3.63, 3.8) is 0 Å². The lowest BCUT2D eigenvalue weighted by molar-refractivity contribution is 0.550. The summed E-state index contributed by atoms with van der Waals surface area (Å²) in [7, 11) is 0. The molecule has 12 heavy (non-hydrogen) atoms. The molecule has 2 rings (SSSR count). The zero-order valence-electron chi connectivity index (χ0n) is 6.64. The van der Waals surface area contributed by atoms with Gasteiger partial charge >= 0.3 is 0 Å². The number of nitriles is 1. The fourth-order valence-electron chi connectivity index (χ4n) is 1.33. The van der Waals surface area contributed by atoms with Gasteiger partial charge in [-0.05, 0) is 12.3 Å². The summed E-state index contributed by atoms with van der Waals surface area (Å²) in [6.07, 6.45) is 4.44. The predicted octanol–water partition coefficient (Wildman–Crippen LogP) is 0.625. The largest absolute Gasteiger partial charge is 0.396 e. The maximum Gasteiger partial charge on any atom is 0.0719 e. The van der Waals surface area contributed by atoms with Crippen LogP contribution < -0.4 is 5.73 Å². The van der Waals surface area contributed by atoms with E-state index in [0.29, 0.717) is 11.6 Å². The highest BCUT2D eigenvalue weighted by molar-refractivity contribution is 5.30. The Balaban J connectivity index is 1.94. The van der Waals surface area contributed by atoms with E-state index in [1.54, 1.807) is 17.1 Å². The van der Waals surface area contributed by atoms with E-state index in [0.717, 1.165) is 13.0 Å². The molecule has 0 bridgehead atoms. The van der Waals surface area contributed by atoms with Crippen molar-refractivity contribution in [3.8, 4) is 6.07 Å². The molecule has 62 valence electrons. The Morgan fingerprint density at radius 2 is 2.67 bits per heavy atom. The van der Waals surface area contributed by atoms with Crippen molar-refractivity contribution >= 4 is 5.69 Å². The minimum atomic E-state index is 0.246. The molecule has 0 radical (unpaired) electrons. The summed E-state index contributed by atoms with van der Waals surface area (Å²) in [6, 6.07) is 2.24. The first-order valence-corrected chi connectivity index (χ1v) is 3.97. The molecular formula is C8H10N4. The van der Waals surface area contributed by atoms with E-state index in [2.05, 4.69) is 11.2 Å². The van der Waals surface area contributed by atoms with Crippen molar-refractivity contribution in [2.24, 2.45) is 11.8 Å². The molecule has 4 heteroatoms. The molecule has 2 N–H and O–H groups in total. The minimum Gasteiger partial charge on any atom is -0.396 e. The summed E-state index contributed by atoms with van der Waals surface area (Å²) in [5.41, 5.74) is 6.18. The van der Waals surface area contributed by atoms with Gasteiger partial charge in [0.15, 0.2) is 0 Å². The lowest BCUT2D eigenvalue weighted by Gasteiger charge is -1.96. The fourth-order valence-corrected chi connectivity index (χ4v) is 1.33. The third-order valence-electron chi connectivity index (χ3n) is 2.16. The van der Waals surface area contributed by atoms with Crippen molar-refractivity contribution < 1.29 is 0 Å².